The number of rotatable bonds is 10. The molecule has 224 valence electrons. The van der Waals surface area contributed by atoms with Crippen molar-refractivity contribution in [2.24, 2.45) is 0 Å². The highest BCUT2D eigenvalue weighted by Gasteiger charge is 2.44. The van der Waals surface area contributed by atoms with Gasteiger partial charge in [0.2, 0.25) is 0 Å². The number of aliphatic hydroxyl groups is 2. The van der Waals surface area contributed by atoms with Crippen LogP contribution in [0.1, 0.15) is 6.23 Å². The van der Waals surface area contributed by atoms with Crippen LogP contribution in [0.15, 0.2) is 49.1 Å². The standard InChI is InChI=1S/C28H29ClN8O5S/c1-40-18-9-16-17(10-19(18)41-2)35-25(14-3-5-15(29)6-4-14)36-26(16)31-7-8-43-11-20-22(38)23(39)28(42-20)37-13-34-21-24(30)32-12-33-27(21)37/h3-6,9-10,12-13,20,22-23,28,38-39H,7-8,11H2,1-2H3,(H2,30,32,33)(H,31,35,36)/t20-,22-,23-,28-/m1/s1. The van der Waals surface area contributed by atoms with E-state index >= 15 is 0 Å². The second-order valence-electron chi connectivity index (χ2n) is 9.76. The van der Waals surface area contributed by atoms with Gasteiger partial charge in [0.25, 0.3) is 0 Å². The Morgan fingerprint density at radius 2 is 1.81 bits per heavy atom. The minimum absolute atomic E-state index is 0.228. The summed E-state index contributed by atoms with van der Waals surface area (Å²) in [5, 5.41) is 26.3. The monoisotopic (exact) mass is 624 g/mol. The lowest BCUT2D eigenvalue weighted by Gasteiger charge is -2.16. The van der Waals surface area contributed by atoms with Crippen molar-refractivity contribution in [3.05, 3.63) is 54.1 Å². The molecule has 1 saturated heterocycles. The molecule has 1 aliphatic rings. The molecule has 0 aliphatic carbocycles. The zero-order valence-electron chi connectivity index (χ0n) is 23.2. The number of anilines is 2. The summed E-state index contributed by atoms with van der Waals surface area (Å²) in [4.78, 5) is 21.9. The number of nitrogen functional groups attached to an aromatic ring is 1. The van der Waals surface area contributed by atoms with Crippen molar-refractivity contribution in [2.75, 3.05) is 43.3 Å². The number of aliphatic hydroxyl groups excluding tert-OH is 2. The van der Waals surface area contributed by atoms with Gasteiger partial charge in [-0.1, -0.05) is 11.6 Å². The molecule has 5 N–H and O–H groups in total. The summed E-state index contributed by atoms with van der Waals surface area (Å²) in [6, 6.07) is 11.0. The zero-order valence-corrected chi connectivity index (χ0v) is 24.8. The van der Waals surface area contributed by atoms with Crippen LogP contribution in [0.25, 0.3) is 33.5 Å². The van der Waals surface area contributed by atoms with Crippen molar-refractivity contribution in [3.63, 3.8) is 0 Å². The molecule has 0 radical (unpaired) electrons. The average molecular weight is 625 g/mol. The summed E-state index contributed by atoms with van der Waals surface area (Å²) in [7, 11) is 3.16. The van der Waals surface area contributed by atoms with Crippen LogP contribution in [0.3, 0.4) is 0 Å². The summed E-state index contributed by atoms with van der Waals surface area (Å²) in [5.74, 6) is 3.64. The van der Waals surface area contributed by atoms with Gasteiger partial charge in [-0.2, -0.15) is 11.8 Å². The molecular weight excluding hydrogens is 596 g/mol. The molecule has 0 amide bonds. The Hall–Kier alpha value is -3.95. The third-order valence-electron chi connectivity index (χ3n) is 7.12. The van der Waals surface area contributed by atoms with Crippen LogP contribution >= 0.6 is 23.4 Å². The molecule has 6 rings (SSSR count). The highest BCUT2D eigenvalue weighted by atomic mass is 35.5. The number of hydrogen-bond acceptors (Lipinski definition) is 13. The first-order valence-electron chi connectivity index (χ1n) is 13.3. The normalized spacial score (nSPS) is 20.1. The number of fused-ring (bicyclic) bond motifs is 2. The van der Waals surface area contributed by atoms with Gasteiger partial charge in [0.1, 0.15) is 29.9 Å². The second-order valence-corrected chi connectivity index (χ2v) is 11.3. The first kappa shape index (κ1) is 29.1. The maximum absolute atomic E-state index is 10.7. The fraction of sp³-hybridized carbons (Fsp3) is 0.321. The zero-order chi connectivity index (χ0) is 30.1. The minimum Gasteiger partial charge on any atom is -0.493 e. The number of nitrogens with zero attached hydrogens (tertiary/aromatic N) is 6. The molecule has 1 aliphatic heterocycles. The third-order valence-corrected chi connectivity index (χ3v) is 8.43. The van der Waals surface area contributed by atoms with Gasteiger partial charge in [-0.25, -0.2) is 24.9 Å². The van der Waals surface area contributed by atoms with Crippen LogP contribution in [-0.2, 0) is 4.74 Å². The average Bonchev–Trinajstić information content (AvgIpc) is 3.57. The van der Waals surface area contributed by atoms with E-state index in [2.05, 4.69) is 20.3 Å². The number of nitrogens with one attached hydrogen (secondary N) is 1. The number of ether oxygens (including phenoxy) is 3. The lowest BCUT2D eigenvalue weighted by molar-refractivity contribution is -0.0288. The van der Waals surface area contributed by atoms with Crippen LogP contribution in [0.4, 0.5) is 11.6 Å². The summed E-state index contributed by atoms with van der Waals surface area (Å²) in [5.41, 5.74) is 8.22. The van der Waals surface area contributed by atoms with Crippen LogP contribution in [0.5, 0.6) is 11.5 Å². The predicted molar refractivity (Wildman–Crippen MR) is 165 cm³/mol. The topological polar surface area (TPSA) is 176 Å². The number of methoxy groups -OCH3 is 2. The molecule has 0 bridgehead atoms. The first-order chi connectivity index (χ1) is 20.9. The summed E-state index contributed by atoms with van der Waals surface area (Å²) in [6.07, 6.45) is -0.913. The molecule has 13 nitrogen and oxygen atoms in total. The number of nitrogens with two attached hydrogens (primary N) is 1. The molecule has 4 atom stereocenters. The van der Waals surface area contributed by atoms with Crippen LogP contribution < -0.4 is 20.5 Å². The van der Waals surface area contributed by atoms with Crippen molar-refractivity contribution >= 4 is 57.1 Å². The number of halogens is 1. The molecule has 2 aromatic carbocycles. The third kappa shape index (κ3) is 5.71. The number of thioether (sulfide) groups is 1. The fourth-order valence-electron chi connectivity index (χ4n) is 4.91. The molecule has 4 heterocycles. The molecule has 0 unspecified atom stereocenters. The Morgan fingerprint density at radius 1 is 1.05 bits per heavy atom. The smallest absolute Gasteiger partial charge is 0.167 e. The first-order valence-corrected chi connectivity index (χ1v) is 14.9. The predicted octanol–water partition coefficient (Wildman–Crippen LogP) is 3.15. The van der Waals surface area contributed by atoms with Crippen molar-refractivity contribution in [3.8, 4) is 22.9 Å². The van der Waals surface area contributed by atoms with E-state index in [1.54, 1.807) is 42.7 Å². The molecular formula is C28H29ClN8O5S. The van der Waals surface area contributed by atoms with E-state index in [-0.39, 0.29) is 5.82 Å². The lowest BCUT2D eigenvalue weighted by atomic mass is 10.1. The quantitative estimate of drug-likeness (QED) is 0.167. The fourth-order valence-corrected chi connectivity index (χ4v) is 5.96. The number of benzene rings is 2. The van der Waals surface area contributed by atoms with Gasteiger partial charge in [-0.15, -0.1) is 0 Å². The van der Waals surface area contributed by atoms with E-state index in [0.29, 0.717) is 62.9 Å². The number of hydrogen-bond donors (Lipinski definition) is 4. The number of aromatic nitrogens is 6. The van der Waals surface area contributed by atoms with E-state index in [0.717, 1.165) is 10.9 Å². The summed E-state index contributed by atoms with van der Waals surface area (Å²) < 4.78 is 18.6. The minimum atomic E-state index is -1.16. The van der Waals surface area contributed by atoms with Crippen molar-refractivity contribution < 1.29 is 24.4 Å². The molecule has 5 aromatic rings. The number of imidazole rings is 1. The molecule has 43 heavy (non-hydrogen) atoms. The van der Waals surface area contributed by atoms with E-state index in [1.165, 1.54) is 12.7 Å². The molecule has 0 spiro atoms. The SMILES string of the molecule is COc1cc2nc(-c3ccc(Cl)cc3)nc(NCCSC[C@H]3O[C@@H](n4cnc5c(N)ncnc54)[C@H](O)[C@@H]3O)c2cc1OC. The highest BCUT2D eigenvalue weighted by molar-refractivity contribution is 7.99. The Kier molecular flexibility index (Phi) is 8.36. The second kappa shape index (κ2) is 12.3. The van der Waals surface area contributed by atoms with Gasteiger partial charge in [0, 0.05) is 40.1 Å². The Morgan fingerprint density at radius 3 is 2.58 bits per heavy atom. The van der Waals surface area contributed by atoms with Gasteiger partial charge < -0.3 is 35.5 Å². The van der Waals surface area contributed by atoms with Gasteiger partial charge in [0.15, 0.2) is 35.0 Å². The van der Waals surface area contributed by atoms with Crippen LogP contribution in [0, 0.1) is 0 Å². The lowest BCUT2D eigenvalue weighted by Crippen LogP contribution is -2.32. The van der Waals surface area contributed by atoms with Gasteiger partial charge in [-0.05, 0) is 30.3 Å². The summed E-state index contributed by atoms with van der Waals surface area (Å²) >= 11 is 7.66. The van der Waals surface area contributed by atoms with Crippen molar-refractivity contribution in [2.45, 2.75) is 24.5 Å². The van der Waals surface area contributed by atoms with E-state index in [9.17, 15) is 10.2 Å². The van der Waals surface area contributed by atoms with E-state index in [4.69, 9.17) is 41.5 Å². The molecule has 1 fully saturated rings. The van der Waals surface area contributed by atoms with Gasteiger partial charge in [-0.3, -0.25) is 4.57 Å². The maximum Gasteiger partial charge on any atom is 0.167 e. The summed E-state index contributed by atoms with van der Waals surface area (Å²) in [6.45, 7) is 0.558. The van der Waals surface area contributed by atoms with Crippen LogP contribution in [-0.4, -0.2) is 90.3 Å². The Balaban J connectivity index is 1.14. The van der Waals surface area contributed by atoms with Crippen molar-refractivity contribution in [1.29, 1.82) is 0 Å². The molecule has 3 aromatic heterocycles. The Bertz CT molecular complexity index is 1760. The molecule has 0 saturated carbocycles. The maximum atomic E-state index is 10.7. The van der Waals surface area contributed by atoms with E-state index < -0.39 is 24.5 Å². The van der Waals surface area contributed by atoms with Crippen LogP contribution in [0.2, 0.25) is 5.02 Å². The highest BCUT2D eigenvalue weighted by Crippen LogP contribution is 2.36. The van der Waals surface area contributed by atoms with Gasteiger partial charge in [0.05, 0.1) is 32.2 Å². The van der Waals surface area contributed by atoms with E-state index in [1.807, 2.05) is 24.3 Å². The molecule has 15 heteroatoms. The van der Waals surface area contributed by atoms with Crippen molar-refractivity contribution in [1.82, 2.24) is 29.5 Å². The Labute approximate surface area is 255 Å². The van der Waals surface area contributed by atoms with Gasteiger partial charge >= 0.3 is 0 Å². The largest absolute Gasteiger partial charge is 0.493 e.